The van der Waals surface area contributed by atoms with Crippen molar-refractivity contribution in [3.63, 3.8) is 0 Å². The molecule has 4 rings (SSSR count). The molecular weight excluding hydrogens is 374 g/mol. The standard InChI is InChI=1S/C26H29NO3/c1-27-16-6-12-22(27)11-4-7-19-14-15-24(26(28)29)25(17-19)30-18-21-10-5-9-20-8-2-3-13-23(20)21/h2-3,5,8-10,13-15,17,22H,4,6-7,11-12,16,18H2,1H3,(H,28,29). The van der Waals surface area contributed by atoms with Gasteiger partial charge in [-0.25, -0.2) is 4.79 Å². The van der Waals surface area contributed by atoms with Crippen molar-refractivity contribution in [3.8, 4) is 5.75 Å². The van der Waals surface area contributed by atoms with Gasteiger partial charge in [-0.15, -0.1) is 0 Å². The van der Waals surface area contributed by atoms with Crippen LogP contribution in [0.5, 0.6) is 5.75 Å². The lowest BCUT2D eigenvalue weighted by Gasteiger charge is -2.19. The summed E-state index contributed by atoms with van der Waals surface area (Å²) >= 11 is 0. The molecule has 0 radical (unpaired) electrons. The number of likely N-dealkylation sites (tertiary alicyclic amines) is 1. The van der Waals surface area contributed by atoms with Crippen molar-refractivity contribution in [3.05, 3.63) is 77.4 Å². The molecule has 1 atom stereocenters. The van der Waals surface area contributed by atoms with Crippen LogP contribution >= 0.6 is 0 Å². The van der Waals surface area contributed by atoms with Crippen LogP contribution < -0.4 is 4.74 Å². The molecule has 0 amide bonds. The molecule has 1 N–H and O–H groups in total. The summed E-state index contributed by atoms with van der Waals surface area (Å²) in [6.07, 6.45) is 5.80. The fraction of sp³-hybridized carbons (Fsp3) is 0.346. The number of rotatable bonds is 8. The highest BCUT2D eigenvalue weighted by Crippen LogP contribution is 2.26. The van der Waals surface area contributed by atoms with Gasteiger partial charge < -0.3 is 14.7 Å². The molecule has 0 spiro atoms. The van der Waals surface area contributed by atoms with Crippen LogP contribution in [0.1, 0.15) is 47.2 Å². The molecule has 0 saturated carbocycles. The lowest BCUT2D eigenvalue weighted by atomic mass is 10.0. The van der Waals surface area contributed by atoms with Crippen molar-refractivity contribution in [2.75, 3.05) is 13.6 Å². The molecule has 30 heavy (non-hydrogen) atoms. The monoisotopic (exact) mass is 403 g/mol. The summed E-state index contributed by atoms with van der Waals surface area (Å²) in [5, 5.41) is 11.9. The van der Waals surface area contributed by atoms with Crippen LogP contribution in [0.15, 0.2) is 60.7 Å². The molecule has 4 nitrogen and oxygen atoms in total. The normalized spacial score (nSPS) is 16.8. The Morgan fingerprint density at radius 1 is 1.13 bits per heavy atom. The van der Waals surface area contributed by atoms with Crippen molar-refractivity contribution in [2.45, 2.75) is 44.8 Å². The van der Waals surface area contributed by atoms with Gasteiger partial charge >= 0.3 is 5.97 Å². The molecule has 1 unspecified atom stereocenters. The predicted molar refractivity (Wildman–Crippen MR) is 120 cm³/mol. The van der Waals surface area contributed by atoms with Crippen LogP contribution in [0, 0.1) is 0 Å². The van der Waals surface area contributed by atoms with Gasteiger partial charge in [-0.2, -0.15) is 0 Å². The molecule has 156 valence electrons. The SMILES string of the molecule is CN1CCCC1CCCc1ccc(C(=O)O)c(OCc2cccc3ccccc23)c1. The minimum atomic E-state index is -0.956. The Labute approximate surface area is 178 Å². The molecule has 0 aliphatic carbocycles. The van der Waals surface area contributed by atoms with Gasteiger partial charge in [0, 0.05) is 6.04 Å². The topological polar surface area (TPSA) is 49.8 Å². The van der Waals surface area contributed by atoms with Gasteiger partial charge in [0.25, 0.3) is 0 Å². The molecule has 4 heteroatoms. The summed E-state index contributed by atoms with van der Waals surface area (Å²) in [5.74, 6) is -0.507. The largest absolute Gasteiger partial charge is 0.488 e. The van der Waals surface area contributed by atoms with Crippen molar-refractivity contribution in [1.29, 1.82) is 0 Å². The maximum Gasteiger partial charge on any atom is 0.339 e. The number of fused-ring (bicyclic) bond motifs is 1. The first-order valence-electron chi connectivity index (χ1n) is 10.8. The molecule has 1 aliphatic rings. The summed E-state index contributed by atoms with van der Waals surface area (Å²) in [4.78, 5) is 14.1. The third-order valence-electron chi connectivity index (χ3n) is 6.21. The van der Waals surface area contributed by atoms with E-state index in [0.717, 1.165) is 34.7 Å². The van der Waals surface area contributed by atoms with Crippen molar-refractivity contribution < 1.29 is 14.6 Å². The number of benzene rings is 3. The first-order chi connectivity index (χ1) is 14.6. The van der Waals surface area contributed by atoms with E-state index in [4.69, 9.17) is 4.74 Å². The maximum atomic E-state index is 11.7. The number of hydrogen-bond acceptors (Lipinski definition) is 3. The highest BCUT2D eigenvalue weighted by molar-refractivity contribution is 5.91. The summed E-state index contributed by atoms with van der Waals surface area (Å²) in [5.41, 5.74) is 2.40. The van der Waals surface area contributed by atoms with Gasteiger partial charge in [0.1, 0.15) is 17.9 Å². The van der Waals surface area contributed by atoms with E-state index in [1.165, 1.54) is 25.8 Å². The molecule has 1 saturated heterocycles. The Morgan fingerprint density at radius 3 is 2.77 bits per heavy atom. The second kappa shape index (κ2) is 9.31. The zero-order chi connectivity index (χ0) is 20.9. The van der Waals surface area contributed by atoms with Crippen LogP contribution in [-0.2, 0) is 13.0 Å². The van der Waals surface area contributed by atoms with E-state index in [9.17, 15) is 9.90 Å². The predicted octanol–water partition coefficient (Wildman–Crippen LogP) is 5.53. The molecule has 0 aromatic heterocycles. The lowest BCUT2D eigenvalue weighted by Crippen LogP contribution is -2.24. The van der Waals surface area contributed by atoms with Gasteiger partial charge in [0.2, 0.25) is 0 Å². The molecule has 0 bridgehead atoms. The van der Waals surface area contributed by atoms with Gasteiger partial charge in [0.15, 0.2) is 0 Å². The van der Waals surface area contributed by atoms with Crippen molar-refractivity contribution >= 4 is 16.7 Å². The number of aromatic carboxylic acids is 1. The Morgan fingerprint density at radius 2 is 1.97 bits per heavy atom. The van der Waals surface area contributed by atoms with Gasteiger partial charge in [-0.1, -0.05) is 48.5 Å². The second-order valence-corrected chi connectivity index (χ2v) is 8.23. The third-order valence-corrected chi connectivity index (χ3v) is 6.21. The third kappa shape index (κ3) is 4.65. The fourth-order valence-electron chi connectivity index (χ4n) is 4.48. The number of carboxylic acids is 1. The molecule has 3 aromatic carbocycles. The minimum absolute atomic E-state index is 0.217. The van der Waals surface area contributed by atoms with Gasteiger partial charge in [0.05, 0.1) is 0 Å². The number of ether oxygens (including phenoxy) is 1. The highest BCUT2D eigenvalue weighted by atomic mass is 16.5. The summed E-state index contributed by atoms with van der Waals surface area (Å²) < 4.78 is 6.04. The summed E-state index contributed by atoms with van der Waals surface area (Å²) in [6, 6.07) is 20.5. The Kier molecular flexibility index (Phi) is 6.34. The van der Waals surface area contributed by atoms with Crippen molar-refractivity contribution in [1.82, 2.24) is 4.90 Å². The average Bonchev–Trinajstić information content (AvgIpc) is 3.17. The van der Waals surface area contributed by atoms with Crippen LogP contribution in [0.3, 0.4) is 0 Å². The molecule has 1 fully saturated rings. The van der Waals surface area contributed by atoms with E-state index in [2.05, 4.69) is 30.1 Å². The van der Waals surface area contributed by atoms with Gasteiger partial charge in [-0.3, -0.25) is 0 Å². The zero-order valence-electron chi connectivity index (χ0n) is 17.5. The molecule has 1 heterocycles. The molecule has 3 aromatic rings. The average molecular weight is 404 g/mol. The smallest absolute Gasteiger partial charge is 0.339 e. The molecule has 1 aliphatic heterocycles. The zero-order valence-corrected chi connectivity index (χ0v) is 17.5. The minimum Gasteiger partial charge on any atom is -0.488 e. The summed E-state index contributed by atoms with van der Waals surface area (Å²) in [6.45, 7) is 1.54. The van der Waals surface area contributed by atoms with E-state index >= 15 is 0 Å². The van der Waals surface area contributed by atoms with Gasteiger partial charge in [-0.05, 0) is 79.7 Å². The first-order valence-corrected chi connectivity index (χ1v) is 10.8. The molecular formula is C26H29NO3. The van der Waals surface area contributed by atoms with E-state index < -0.39 is 5.97 Å². The summed E-state index contributed by atoms with van der Waals surface area (Å²) in [7, 11) is 2.21. The number of nitrogens with zero attached hydrogens (tertiary/aromatic N) is 1. The number of hydrogen-bond donors (Lipinski definition) is 1. The fourth-order valence-corrected chi connectivity index (χ4v) is 4.48. The van der Waals surface area contributed by atoms with E-state index in [0.29, 0.717) is 18.4 Å². The van der Waals surface area contributed by atoms with Crippen LogP contribution in [0.4, 0.5) is 0 Å². The van der Waals surface area contributed by atoms with Crippen LogP contribution in [-0.4, -0.2) is 35.6 Å². The second-order valence-electron chi connectivity index (χ2n) is 8.23. The maximum absolute atomic E-state index is 11.7. The lowest BCUT2D eigenvalue weighted by molar-refractivity contribution is 0.0691. The van der Waals surface area contributed by atoms with E-state index in [1.807, 2.05) is 36.4 Å². The van der Waals surface area contributed by atoms with E-state index in [-0.39, 0.29) is 5.56 Å². The van der Waals surface area contributed by atoms with Crippen LogP contribution in [0.25, 0.3) is 10.8 Å². The number of carbonyl (C=O) groups is 1. The van der Waals surface area contributed by atoms with Crippen molar-refractivity contribution in [2.24, 2.45) is 0 Å². The number of carboxylic acid groups (broad SMARTS) is 1. The Hall–Kier alpha value is -2.85. The number of aryl methyl sites for hydroxylation is 1. The Balaban J connectivity index is 1.46. The van der Waals surface area contributed by atoms with E-state index in [1.54, 1.807) is 6.07 Å². The highest BCUT2D eigenvalue weighted by Gasteiger charge is 2.20. The first kappa shape index (κ1) is 20.4. The van der Waals surface area contributed by atoms with Crippen LogP contribution in [0.2, 0.25) is 0 Å². The Bertz CT molecular complexity index is 1020. The quantitative estimate of drug-likeness (QED) is 0.537.